The Bertz CT molecular complexity index is 676. The molecule has 2 N–H and O–H groups in total. The first-order chi connectivity index (χ1) is 13.1. The van der Waals surface area contributed by atoms with Gasteiger partial charge in [0.2, 0.25) is 0 Å². The maximum Gasteiger partial charge on any atom is 0.191 e. The number of hydrogen-bond acceptors (Lipinski definition) is 4. The molecule has 6 heteroatoms. The van der Waals surface area contributed by atoms with Gasteiger partial charge in [-0.1, -0.05) is 30.3 Å². The molecule has 0 spiro atoms. The van der Waals surface area contributed by atoms with Crippen LogP contribution < -0.4 is 10.6 Å². The molecule has 0 fully saturated rings. The molecule has 0 amide bonds. The van der Waals surface area contributed by atoms with E-state index in [1.54, 1.807) is 11.3 Å². The minimum Gasteiger partial charge on any atom is -0.357 e. The summed E-state index contributed by atoms with van der Waals surface area (Å²) >= 11 is 1.79. The molecule has 5 nitrogen and oxygen atoms in total. The van der Waals surface area contributed by atoms with Crippen molar-refractivity contribution in [1.29, 1.82) is 0 Å². The topological polar surface area (TPSA) is 52.6 Å². The zero-order chi connectivity index (χ0) is 19.5. The third-order valence-electron chi connectivity index (χ3n) is 4.31. The number of aromatic nitrogens is 1. The van der Waals surface area contributed by atoms with E-state index in [0.717, 1.165) is 57.2 Å². The molecule has 27 heavy (non-hydrogen) atoms. The van der Waals surface area contributed by atoms with E-state index in [1.165, 1.54) is 15.4 Å². The average molecular weight is 388 g/mol. The second-order valence-corrected chi connectivity index (χ2v) is 8.05. The van der Waals surface area contributed by atoms with Gasteiger partial charge in [0.1, 0.15) is 0 Å². The predicted molar refractivity (Wildman–Crippen MR) is 117 cm³/mol. The number of benzene rings is 1. The van der Waals surface area contributed by atoms with Crippen LogP contribution >= 0.6 is 11.3 Å². The highest BCUT2D eigenvalue weighted by Crippen LogP contribution is 2.16. The Hall–Kier alpha value is -1.92. The van der Waals surface area contributed by atoms with Gasteiger partial charge in [-0.3, -0.25) is 4.99 Å². The lowest BCUT2D eigenvalue weighted by molar-refractivity contribution is 0.324. The SMILES string of the molecule is CCNC(=NCCCN(C)Cc1ccccc1)NCCc1nc(C)c(C)s1. The van der Waals surface area contributed by atoms with Gasteiger partial charge in [0.05, 0.1) is 10.7 Å². The summed E-state index contributed by atoms with van der Waals surface area (Å²) in [6.45, 7) is 10.9. The largest absolute Gasteiger partial charge is 0.357 e. The van der Waals surface area contributed by atoms with E-state index in [-0.39, 0.29) is 0 Å². The van der Waals surface area contributed by atoms with E-state index >= 15 is 0 Å². The van der Waals surface area contributed by atoms with Crippen LogP contribution in [-0.2, 0) is 13.0 Å². The average Bonchev–Trinajstić information content (AvgIpc) is 2.97. The van der Waals surface area contributed by atoms with Gasteiger partial charge in [-0.15, -0.1) is 11.3 Å². The fourth-order valence-corrected chi connectivity index (χ4v) is 3.71. The molecule has 0 saturated carbocycles. The fraction of sp³-hybridized carbons (Fsp3) is 0.524. The van der Waals surface area contributed by atoms with Crippen LogP contribution in [0.2, 0.25) is 0 Å². The van der Waals surface area contributed by atoms with Crippen molar-refractivity contribution in [2.24, 2.45) is 4.99 Å². The number of thiazole rings is 1. The van der Waals surface area contributed by atoms with Crippen molar-refractivity contribution in [2.75, 3.05) is 33.2 Å². The molecule has 0 radical (unpaired) electrons. The fourth-order valence-electron chi connectivity index (χ4n) is 2.78. The zero-order valence-electron chi connectivity index (χ0n) is 17.1. The quantitative estimate of drug-likeness (QED) is 0.373. The summed E-state index contributed by atoms with van der Waals surface area (Å²) in [4.78, 5) is 12.9. The van der Waals surface area contributed by atoms with Crippen molar-refractivity contribution in [3.63, 3.8) is 0 Å². The molecule has 0 saturated heterocycles. The Labute approximate surface area is 167 Å². The van der Waals surface area contributed by atoms with Gasteiger partial charge >= 0.3 is 0 Å². The summed E-state index contributed by atoms with van der Waals surface area (Å²) < 4.78 is 0. The third-order valence-corrected chi connectivity index (χ3v) is 5.44. The molecule has 0 atom stereocenters. The van der Waals surface area contributed by atoms with Crippen molar-refractivity contribution in [3.8, 4) is 0 Å². The summed E-state index contributed by atoms with van der Waals surface area (Å²) in [5.41, 5.74) is 2.50. The lowest BCUT2D eigenvalue weighted by atomic mass is 10.2. The number of nitrogens with one attached hydrogen (secondary N) is 2. The Morgan fingerprint density at radius 2 is 1.96 bits per heavy atom. The van der Waals surface area contributed by atoms with Gasteiger partial charge in [0.15, 0.2) is 5.96 Å². The van der Waals surface area contributed by atoms with Crippen LogP contribution in [-0.4, -0.2) is 49.1 Å². The monoisotopic (exact) mass is 387 g/mol. The minimum atomic E-state index is 0.823. The van der Waals surface area contributed by atoms with Gasteiger partial charge < -0.3 is 15.5 Å². The molecule has 0 aliphatic carbocycles. The van der Waals surface area contributed by atoms with Gasteiger partial charge in [-0.05, 0) is 46.3 Å². The summed E-state index contributed by atoms with van der Waals surface area (Å²) in [5, 5.41) is 7.93. The van der Waals surface area contributed by atoms with E-state index in [0.29, 0.717) is 0 Å². The first-order valence-corrected chi connectivity index (χ1v) is 10.6. The van der Waals surface area contributed by atoms with Gasteiger partial charge in [-0.2, -0.15) is 0 Å². The predicted octanol–water partition coefficient (Wildman–Crippen LogP) is 3.38. The van der Waals surface area contributed by atoms with Gasteiger partial charge in [0, 0.05) is 37.5 Å². The Balaban J connectivity index is 1.69. The lowest BCUT2D eigenvalue weighted by Crippen LogP contribution is -2.38. The lowest BCUT2D eigenvalue weighted by Gasteiger charge is -2.16. The van der Waals surface area contributed by atoms with Crippen LogP contribution in [0.5, 0.6) is 0 Å². The highest BCUT2D eigenvalue weighted by Gasteiger charge is 2.04. The normalized spacial score (nSPS) is 11.8. The van der Waals surface area contributed by atoms with E-state index in [4.69, 9.17) is 4.99 Å². The standard InChI is InChI=1S/C21H33N5S/c1-5-22-21(24-14-12-20-25-17(2)18(3)27-20)23-13-9-15-26(4)16-19-10-7-6-8-11-19/h6-8,10-11H,5,9,12-16H2,1-4H3,(H2,22,23,24). The van der Waals surface area contributed by atoms with Crippen molar-refractivity contribution in [3.05, 3.63) is 51.5 Å². The summed E-state index contributed by atoms with van der Waals surface area (Å²) in [6.07, 6.45) is 1.98. The molecule has 1 aromatic carbocycles. The first kappa shape index (κ1) is 21.4. The van der Waals surface area contributed by atoms with Crippen molar-refractivity contribution in [1.82, 2.24) is 20.5 Å². The molecule has 1 heterocycles. The minimum absolute atomic E-state index is 0.823. The number of hydrogen-bond donors (Lipinski definition) is 2. The van der Waals surface area contributed by atoms with Crippen LogP contribution in [0.3, 0.4) is 0 Å². The Morgan fingerprint density at radius 3 is 2.63 bits per heavy atom. The first-order valence-electron chi connectivity index (χ1n) is 9.76. The van der Waals surface area contributed by atoms with Crippen LogP contribution in [0.4, 0.5) is 0 Å². The molecule has 148 valence electrons. The Kier molecular flexibility index (Phi) is 9.28. The molecule has 1 aromatic heterocycles. The molecule has 0 bridgehead atoms. The molecule has 0 unspecified atom stereocenters. The molecule has 0 aliphatic rings. The van der Waals surface area contributed by atoms with Crippen LogP contribution in [0.25, 0.3) is 0 Å². The third kappa shape index (κ3) is 8.10. The highest BCUT2D eigenvalue weighted by molar-refractivity contribution is 7.11. The molecule has 0 aliphatic heterocycles. The number of guanidine groups is 1. The number of rotatable bonds is 10. The summed E-state index contributed by atoms with van der Waals surface area (Å²) in [6, 6.07) is 10.6. The second-order valence-electron chi connectivity index (χ2n) is 6.76. The molecular formula is C21H33N5S. The maximum absolute atomic E-state index is 4.70. The van der Waals surface area contributed by atoms with E-state index < -0.39 is 0 Å². The molecule has 2 aromatic rings. The zero-order valence-corrected chi connectivity index (χ0v) is 17.9. The highest BCUT2D eigenvalue weighted by atomic mass is 32.1. The summed E-state index contributed by atoms with van der Waals surface area (Å²) in [5.74, 6) is 0.896. The Morgan fingerprint density at radius 1 is 1.19 bits per heavy atom. The van der Waals surface area contributed by atoms with E-state index in [1.807, 2.05) is 0 Å². The second kappa shape index (κ2) is 11.7. The number of nitrogens with zero attached hydrogens (tertiary/aromatic N) is 3. The summed E-state index contributed by atoms with van der Waals surface area (Å²) in [7, 11) is 2.16. The number of aliphatic imine (C=N–C) groups is 1. The van der Waals surface area contributed by atoms with Crippen molar-refractivity contribution in [2.45, 2.75) is 40.2 Å². The van der Waals surface area contributed by atoms with Crippen LogP contribution in [0.15, 0.2) is 35.3 Å². The number of aryl methyl sites for hydroxylation is 2. The maximum atomic E-state index is 4.70. The smallest absolute Gasteiger partial charge is 0.191 e. The molecular weight excluding hydrogens is 354 g/mol. The van der Waals surface area contributed by atoms with E-state index in [9.17, 15) is 0 Å². The molecule has 2 rings (SSSR count). The van der Waals surface area contributed by atoms with Gasteiger partial charge in [0.25, 0.3) is 0 Å². The van der Waals surface area contributed by atoms with Crippen LogP contribution in [0, 0.1) is 13.8 Å². The van der Waals surface area contributed by atoms with E-state index in [2.05, 4.69) is 78.7 Å². The van der Waals surface area contributed by atoms with Crippen molar-refractivity contribution >= 4 is 17.3 Å². The van der Waals surface area contributed by atoms with Gasteiger partial charge in [-0.25, -0.2) is 4.98 Å². The van der Waals surface area contributed by atoms with Crippen molar-refractivity contribution < 1.29 is 0 Å². The van der Waals surface area contributed by atoms with Crippen LogP contribution in [0.1, 0.15) is 34.5 Å².